The Morgan fingerprint density at radius 2 is 2.53 bits per heavy atom. The molecule has 1 atom stereocenters. The monoisotopic (exact) mass is 284 g/mol. The van der Waals surface area contributed by atoms with Gasteiger partial charge in [0.05, 0.1) is 18.9 Å². The fourth-order valence-corrected chi connectivity index (χ4v) is 2.19. The Balaban J connectivity index is 2.05. The summed E-state index contributed by atoms with van der Waals surface area (Å²) in [6, 6.07) is 1.53. The Hall–Kier alpha value is -1.24. The molecule has 0 spiro atoms. The van der Waals surface area contributed by atoms with Gasteiger partial charge in [0.15, 0.2) is 0 Å². The van der Waals surface area contributed by atoms with Gasteiger partial charge in [-0.3, -0.25) is 9.69 Å². The summed E-state index contributed by atoms with van der Waals surface area (Å²) in [4.78, 5) is 22.0. The first-order valence-electron chi connectivity index (χ1n) is 6.27. The third kappa shape index (κ3) is 3.86. The lowest BCUT2D eigenvalue weighted by Crippen LogP contribution is -2.53. The Morgan fingerprint density at radius 1 is 1.68 bits per heavy atom. The van der Waals surface area contributed by atoms with Gasteiger partial charge in [-0.15, -0.1) is 0 Å². The predicted molar refractivity (Wildman–Crippen MR) is 70.7 cm³/mol. The van der Waals surface area contributed by atoms with Crippen molar-refractivity contribution < 1.29 is 9.53 Å². The molecule has 1 aromatic heterocycles. The number of carbonyl (C=O) groups is 1. The summed E-state index contributed by atoms with van der Waals surface area (Å²) in [5, 5.41) is 3.05. The van der Waals surface area contributed by atoms with Gasteiger partial charge in [-0.1, -0.05) is 0 Å². The van der Waals surface area contributed by atoms with Crippen molar-refractivity contribution in [2.24, 2.45) is 0 Å². The first-order valence-corrected chi connectivity index (χ1v) is 6.65. The van der Waals surface area contributed by atoms with E-state index in [1.54, 1.807) is 12.3 Å². The molecule has 6 nitrogen and oxygen atoms in total. The van der Waals surface area contributed by atoms with E-state index in [2.05, 4.69) is 15.3 Å². The second-order valence-corrected chi connectivity index (χ2v) is 4.61. The highest BCUT2D eigenvalue weighted by atomic mass is 35.5. The zero-order valence-electron chi connectivity index (χ0n) is 10.8. The van der Waals surface area contributed by atoms with E-state index in [0.29, 0.717) is 32.8 Å². The molecule has 0 aromatic carbocycles. The molecule has 1 saturated heterocycles. The second-order valence-electron chi connectivity index (χ2n) is 4.27. The number of nitrogens with zero attached hydrogens (tertiary/aromatic N) is 3. The molecule has 1 N–H and O–H groups in total. The lowest BCUT2D eigenvalue weighted by Gasteiger charge is -2.34. The van der Waals surface area contributed by atoms with Crippen LogP contribution in [0.2, 0.25) is 5.28 Å². The molecule has 0 bridgehead atoms. The Morgan fingerprint density at radius 3 is 3.26 bits per heavy atom. The summed E-state index contributed by atoms with van der Waals surface area (Å²) < 4.78 is 5.38. The molecule has 2 rings (SSSR count). The number of rotatable bonds is 4. The molecule has 0 saturated carbocycles. The summed E-state index contributed by atoms with van der Waals surface area (Å²) >= 11 is 5.77. The van der Waals surface area contributed by atoms with Crippen molar-refractivity contribution >= 4 is 17.5 Å². The number of ether oxygens (including phenoxy) is 1. The first kappa shape index (κ1) is 14.2. The normalized spacial score (nSPS) is 20.2. The van der Waals surface area contributed by atoms with Crippen molar-refractivity contribution in [2.45, 2.75) is 19.5 Å². The van der Waals surface area contributed by atoms with Crippen LogP contribution in [-0.4, -0.2) is 53.1 Å². The molecular formula is C12H17ClN4O2. The van der Waals surface area contributed by atoms with E-state index in [9.17, 15) is 4.79 Å². The van der Waals surface area contributed by atoms with Gasteiger partial charge < -0.3 is 10.1 Å². The van der Waals surface area contributed by atoms with Gasteiger partial charge in [0.2, 0.25) is 11.2 Å². The molecule has 1 aromatic rings. The van der Waals surface area contributed by atoms with Crippen LogP contribution in [0.1, 0.15) is 12.6 Å². The van der Waals surface area contributed by atoms with Crippen molar-refractivity contribution in [3.05, 3.63) is 23.2 Å². The van der Waals surface area contributed by atoms with Crippen LogP contribution in [0, 0.1) is 0 Å². The van der Waals surface area contributed by atoms with Gasteiger partial charge >= 0.3 is 0 Å². The summed E-state index contributed by atoms with van der Waals surface area (Å²) in [6.45, 7) is 4.80. The van der Waals surface area contributed by atoms with Gasteiger partial charge in [-0.05, 0) is 24.6 Å². The minimum Gasteiger partial charge on any atom is -0.378 e. The quantitative estimate of drug-likeness (QED) is 0.814. The van der Waals surface area contributed by atoms with Crippen molar-refractivity contribution in [2.75, 3.05) is 26.3 Å². The minimum absolute atomic E-state index is 0.0117. The van der Waals surface area contributed by atoms with Gasteiger partial charge in [-0.25, -0.2) is 9.97 Å². The van der Waals surface area contributed by atoms with Crippen LogP contribution in [0.5, 0.6) is 0 Å². The first-order chi connectivity index (χ1) is 9.20. The van der Waals surface area contributed by atoms with Crippen LogP contribution in [0.25, 0.3) is 0 Å². The number of halogens is 1. The van der Waals surface area contributed by atoms with Crippen LogP contribution in [0.3, 0.4) is 0 Å². The Kier molecular flexibility index (Phi) is 5.07. The Labute approximate surface area is 117 Å². The van der Waals surface area contributed by atoms with Crippen LogP contribution in [-0.2, 0) is 16.1 Å². The van der Waals surface area contributed by atoms with Crippen molar-refractivity contribution in [1.82, 2.24) is 20.2 Å². The molecule has 1 unspecified atom stereocenters. The number of amides is 1. The Bertz CT molecular complexity index is 443. The highest BCUT2D eigenvalue weighted by Crippen LogP contribution is 2.12. The van der Waals surface area contributed by atoms with Gasteiger partial charge in [0.25, 0.3) is 0 Å². The standard InChI is InChI=1S/C12H17ClN4O2/c1-2-14-11(18)10-8-19-6-5-17(10)7-9-3-4-15-12(13)16-9/h3-4,10H,2,5-8H2,1H3,(H,14,18). The number of nitrogens with one attached hydrogen (secondary N) is 1. The number of hydrogen-bond acceptors (Lipinski definition) is 5. The summed E-state index contributed by atoms with van der Waals surface area (Å²) in [5.74, 6) is -0.0117. The largest absolute Gasteiger partial charge is 0.378 e. The van der Waals surface area contributed by atoms with Crippen molar-refractivity contribution in [1.29, 1.82) is 0 Å². The van der Waals surface area contributed by atoms with E-state index in [1.807, 2.05) is 11.8 Å². The van der Waals surface area contributed by atoms with Crippen LogP contribution in [0.4, 0.5) is 0 Å². The number of likely N-dealkylation sites (N-methyl/N-ethyl adjacent to an activating group) is 1. The van der Waals surface area contributed by atoms with Crippen LogP contribution >= 0.6 is 11.6 Å². The number of aromatic nitrogens is 2. The maximum absolute atomic E-state index is 12.0. The zero-order valence-corrected chi connectivity index (χ0v) is 11.6. The molecule has 19 heavy (non-hydrogen) atoms. The average molecular weight is 285 g/mol. The second kappa shape index (κ2) is 6.79. The van der Waals surface area contributed by atoms with E-state index in [4.69, 9.17) is 16.3 Å². The number of morpholine rings is 1. The topological polar surface area (TPSA) is 67.3 Å². The fraction of sp³-hybridized carbons (Fsp3) is 0.583. The lowest BCUT2D eigenvalue weighted by atomic mass is 10.2. The zero-order chi connectivity index (χ0) is 13.7. The summed E-state index contributed by atoms with van der Waals surface area (Å²) in [6.07, 6.45) is 1.62. The van der Waals surface area contributed by atoms with E-state index < -0.39 is 0 Å². The van der Waals surface area contributed by atoms with E-state index in [0.717, 1.165) is 5.69 Å². The fourth-order valence-electron chi connectivity index (χ4n) is 2.03. The minimum atomic E-state index is -0.276. The van der Waals surface area contributed by atoms with E-state index in [1.165, 1.54) is 0 Å². The van der Waals surface area contributed by atoms with E-state index >= 15 is 0 Å². The predicted octanol–water partition coefficient (Wildman–Crippen LogP) is 0.467. The summed E-state index contributed by atoms with van der Waals surface area (Å²) in [5.41, 5.74) is 0.802. The van der Waals surface area contributed by atoms with Gasteiger partial charge in [-0.2, -0.15) is 0 Å². The highest BCUT2D eigenvalue weighted by molar-refractivity contribution is 6.28. The highest BCUT2D eigenvalue weighted by Gasteiger charge is 2.29. The molecule has 2 heterocycles. The average Bonchev–Trinajstić information content (AvgIpc) is 2.39. The molecular weight excluding hydrogens is 268 g/mol. The molecule has 7 heteroatoms. The van der Waals surface area contributed by atoms with Crippen LogP contribution < -0.4 is 5.32 Å². The molecule has 104 valence electrons. The van der Waals surface area contributed by atoms with Crippen LogP contribution in [0.15, 0.2) is 12.3 Å². The molecule has 0 aliphatic carbocycles. The smallest absolute Gasteiger partial charge is 0.239 e. The molecule has 0 radical (unpaired) electrons. The van der Waals surface area contributed by atoms with Crippen molar-refractivity contribution in [3.63, 3.8) is 0 Å². The third-order valence-electron chi connectivity index (χ3n) is 2.94. The SMILES string of the molecule is CCNC(=O)C1COCCN1Cc1ccnc(Cl)n1. The van der Waals surface area contributed by atoms with Crippen molar-refractivity contribution in [3.8, 4) is 0 Å². The molecule has 1 fully saturated rings. The van der Waals surface area contributed by atoms with Gasteiger partial charge in [0, 0.05) is 25.8 Å². The number of hydrogen-bond donors (Lipinski definition) is 1. The maximum Gasteiger partial charge on any atom is 0.239 e. The maximum atomic E-state index is 12.0. The van der Waals surface area contributed by atoms with E-state index in [-0.39, 0.29) is 17.2 Å². The number of carbonyl (C=O) groups excluding carboxylic acids is 1. The summed E-state index contributed by atoms with van der Waals surface area (Å²) in [7, 11) is 0. The molecule has 1 aliphatic rings. The lowest BCUT2D eigenvalue weighted by molar-refractivity contribution is -0.132. The molecule has 1 aliphatic heterocycles. The van der Waals surface area contributed by atoms with Gasteiger partial charge in [0.1, 0.15) is 6.04 Å². The third-order valence-corrected chi connectivity index (χ3v) is 3.12. The molecule has 1 amide bonds.